The third-order valence-corrected chi connectivity index (χ3v) is 5.68. The quantitative estimate of drug-likeness (QED) is 0.168. The van der Waals surface area contributed by atoms with Gasteiger partial charge in [-0.1, -0.05) is 30.3 Å². The van der Waals surface area contributed by atoms with Crippen molar-refractivity contribution in [3.8, 4) is 17.6 Å². The van der Waals surface area contributed by atoms with Crippen molar-refractivity contribution >= 4 is 33.5 Å². The number of ether oxygens (including phenoxy) is 1. The van der Waals surface area contributed by atoms with Gasteiger partial charge in [0.1, 0.15) is 28.0 Å². The standard InChI is InChI=1S/C23H17N3O7S/c1-32-22-8-3-2-7-21(22)25-23(27)17(15-24)13-16-9-11-19(12-10-16)33-34(30,31)20-6-4-5-18(14-20)26(28)29/h2-14H,1H3,(H,25,27)/b17-13+. The van der Waals surface area contributed by atoms with Gasteiger partial charge in [-0.2, -0.15) is 13.7 Å². The number of carbonyl (C=O) groups excluding carboxylic acids is 1. The van der Waals surface area contributed by atoms with E-state index in [1.807, 2.05) is 6.07 Å². The molecule has 0 bridgehead atoms. The van der Waals surface area contributed by atoms with Crippen molar-refractivity contribution in [1.29, 1.82) is 5.26 Å². The summed E-state index contributed by atoms with van der Waals surface area (Å²) in [5.74, 6) is -0.277. The van der Waals surface area contributed by atoms with Crippen LogP contribution in [-0.2, 0) is 14.9 Å². The summed E-state index contributed by atoms with van der Waals surface area (Å²) in [6.45, 7) is 0. The summed E-state index contributed by atoms with van der Waals surface area (Å²) in [6, 6.07) is 18.6. The number of methoxy groups -OCH3 is 1. The van der Waals surface area contributed by atoms with Crippen LogP contribution in [0.15, 0.2) is 83.3 Å². The van der Waals surface area contributed by atoms with Gasteiger partial charge in [-0.25, -0.2) is 0 Å². The Bertz CT molecular complexity index is 1410. The van der Waals surface area contributed by atoms with Gasteiger partial charge in [0.15, 0.2) is 0 Å². The number of non-ortho nitro benzene ring substituents is 1. The van der Waals surface area contributed by atoms with E-state index in [1.54, 1.807) is 24.3 Å². The van der Waals surface area contributed by atoms with Crippen molar-refractivity contribution < 1.29 is 27.1 Å². The van der Waals surface area contributed by atoms with Crippen LogP contribution < -0.4 is 14.2 Å². The molecule has 3 aromatic carbocycles. The van der Waals surface area contributed by atoms with E-state index < -0.39 is 20.9 Å². The topological polar surface area (TPSA) is 149 Å². The van der Waals surface area contributed by atoms with Gasteiger partial charge < -0.3 is 14.2 Å². The molecule has 0 aromatic heterocycles. The lowest BCUT2D eigenvalue weighted by Crippen LogP contribution is -2.14. The number of benzene rings is 3. The summed E-state index contributed by atoms with van der Waals surface area (Å²) in [5, 5.41) is 22.9. The highest BCUT2D eigenvalue weighted by molar-refractivity contribution is 7.87. The molecule has 34 heavy (non-hydrogen) atoms. The summed E-state index contributed by atoms with van der Waals surface area (Å²) >= 11 is 0. The number of rotatable bonds is 8. The molecule has 11 heteroatoms. The second-order valence-corrected chi connectivity index (χ2v) is 8.23. The van der Waals surface area contributed by atoms with Crippen molar-refractivity contribution in [3.05, 3.63) is 94.0 Å². The Balaban J connectivity index is 1.76. The molecule has 0 unspecified atom stereocenters. The first-order chi connectivity index (χ1) is 16.2. The Kier molecular flexibility index (Phi) is 7.25. The molecule has 3 rings (SSSR count). The second-order valence-electron chi connectivity index (χ2n) is 6.69. The van der Waals surface area contributed by atoms with Crippen molar-refractivity contribution in [2.24, 2.45) is 0 Å². The molecule has 172 valence electrons. The molecule has 0 atom stereocenters. The highest BCUT2D eigenvalue weighted by Crippen LogP contribution is 2.25. The van der Waals surface area contributed by atoms with E-state index in [0.717, 1.165) is 12.1 Å². The van der Waals surface area contributed by atoms with Gasteiger partial charge in [0.2, 0.25) is 0 Å². The SMILES string of the molecule is COc1ccccc1NC(=O)/C(C#N)=C/c1ccc(OS(=O)(=O)c2cccc([N+](=O)[O-])c2)cc1. The first-order valence-corrected chi connectivity index (χ1v) is 11.0. The summed E-state index contributed by atoms with van der Waals surface area (Å²) in [4.78, 5) is 22.3. The van der Waals surface area contributed by atoms with Gasteiger partial charge in [0, 0.05) is 12.1 Å². The number of nitro benzene ring substituents is 1. The molecule has 0 aliphatic rings. The van der Waals surface area contributed by atoms with Gasteiger partial charge in [0.25, 0.3) is 11.6 Å². The lowest BCUT2D eigenvalue weighted by atomic mass is 10.1. The number of hydrogen-bond acceptors (Lipinski definition) is 8. The number of hydrogen-bond donors (Lipinski definition) is 1. The Labute approximate surface area is 194 Å². The molecule has 0 spiro atoms. The Morgan fingerprint density at radius 1 is 1.09 bits per heavy atom. The number of carbonyl (C=O) groups is 1. The molecular weight excluding hydrogens is 462 g/mol. The number of anilines is 1. The van der Waals surface area contributed by atoms with Crippen LogP contribution in [-0.4, -0.2) is 26.4 Å². The van der Waals surface area contributed by atoms with E-state index in [-0.39, 0.29) is 21.9 Å². The van der Waals surface area contributed by atoms with Crippen LogP contribution in [0.5, 0.6) is 11.5 Å². The van der Waals surface area contributed by atoms with E-state index in [0.29, 0.717) is 17.0 Å². The fourth-order valence-electron chi connectivity index (χ4n) is 2.80. The molecule has 3 aromatic rings. The molecule has 1 amide bonds. The number of nitro groups is 1. The maximum Gasteiger partial charge on any atom is 0.339 e. The van der Waals surface area contributed by atoms with E-state index in [9.17, 15) is 28.6 Å². The Morgan fingerprint density at radius 2 is 1.79 bits per heavy atom. The molecule has 0 aliphatic heterocycles. The summed E-state index contributed by atoms with van der Waals surface area (Å²) in [7, 11) is -2.86. The molecule has 0 fully saturated rings. The molecule has 0 heterocycles. The van der Waals surface area contributed by atoms with Gasteiger partial charge in [0.05, 0.1) is 17.7 Å². The van der Waals surface area contributed by atoms with Crippen LogP contribution in [0.4, 0.5) is 11.4 Å². The summed E-state index contributed by atoms with van der Waals surface area (Å²) < 4.78 is 35.1. The molecule has 0 saturated heterocycles. The number of nitrogens with one attached hydrogen (secondary N) is 1. The minimum absolute atomic E-state index is 0.0550. The number of amides is 1. The fourth-order valence-corrected chi connectivity index (χ4v) is 3.77. The van der Waals surface area contributed by atoms with Gasteiger partial charge in [-0.15, -0.1) is 0 Å². The van der Waals surface area contributed by atoms with Crippen LogP contribution in [0.25, 0.3) is 6.08 Å². The highest BCUT2D eigenvalue weighted by atomic mass is 32.2. The van der Waals surface area contributed by atoms with Crippen LogP contribution in [0.1, 0.15) is 5.56 Å². The third kappa shape index (κ3) is 5.76. The van der Waals surface area contributed by atoms with E-state index in [1.165, 1.54) is 49.6 Å². The normalized spacial score (nSPS) is 11.2. The molecule has 1 N–H and O–H groups in total. The van der Waals surface area contributed by atoms with Crippen LogP contribution in [0.3, 0.4) is 0 Å². The van der Waals surface area contributed by atoms with Crippen molar-refractivity contribution in [1.82, 2.24) is 0 Å². The first kappa shape index (κ1) is 24.0. The Hall–Kier alpha value is -4.69. The average molecular weight is 479 g/mol. The second kappa shape index (κ2) is 10.3. The zero-order valence-electron chi connectivity index (χ0n) is 17.7. The van der Waals surface area contributed by atoms with Crippen molar-refractivity contribution in [2.45, 2.75) is 4.90 Å². The molecule has 0 aliphatic carbocycles. The summed E-state index contributed by atoms with van der Waals surface area (Å²) in [6.07, 6.45) is 1.32. The lowest BCUT2D eigenvalue weighted by Gasteiger charge is -2.09. The number of para-hydroxylation sites is 2. The minimum Gasteiger partial charge on any atom is -0.495 e. The third-order valence-electron chi connectivity index (χ3n) is 4.43. The largest absolute Gasteiger partial charge is 0.495 e. The van der Waals surface area contributed by atoms with Crippen molar-refractivity contribution in [2.75, 3.05) is 12.4 Å². The maximum absolute atomic E-state index is 12.5. The maximum atomic E-state index is 12.5. The zero-order valence-corrected chi connectivity index (χ0v) is 18.5. The smallest absolute Gasteiger partial charge is 0.339 e. The van der Waals surface area contributed by atoms with Gasteiger partial charge >= 0.3 is 10.1 Å². The highest BCUT2D eigenvalue weighted by Gasteiger charge is 2.20. The molecule has 10 nitrogen and oxygen atoms in total. The average Bonchev–Trinajstić information content (AvgIpc) is 2.83. The van der Waals surface area contributed by atoms with Crippen LogP contribution in [0.2, 0.25) is 0 Å². The number of nitrogens with zero attached hydrogens (tertiary/aromatic N) is 2. The van der Waals surface area contributed by atoms with E-state index in [4.69, 9.17) is 8.92 Å². The Morgan fingerprint density at radius 3 is 2.44 bits per heavy atom. The summed E-state index contributed by atoms with van der Waals surface area (Å²) in [5.41, 5.74) is 0.252. The van der Waals surface area contributed by atoms with E-state index >= 15 is 0 Å². The molecular formula is C23H17N3O7S. The molecule has 0 saturated carbocycles. The monoisotopic (exact) mass is 479 g/mol. The fraction of sp³-hybridized carbons (Fsp3) is 0.0435. The zero-order chi connectivity index (χ0) is 24.7. The molecule has 0 radical (unpaired) electrons. The van der Waals surface area contributed by atoms with Crippen LogP contribution >= 0.6 is 0 Å². The predicted molar refractivity (Wildman–Crippen MR) is 123 cm³/mol. The van der Waals surface area contributed by atoms with Gasteiger partial charge in [-0.3, -0.25) is 14.9 Å². The number of nitriles is 1. The van der Waals surface area contributed by atoms with Gasteiger partial charge in [-0.05, 0) is 42.0 Å². The van der Waals surface area contributed by atoms with Crippen LogP contribution in [0, 0.1) is 21.4 Å². The minimum atomic E-state index is -4.31. The lowest BCUT2D eigenvalue weighted by molar-refractivity contribution is -0.385. The van der Waals surface area contributed by atoms with Crippen molar-refractivity contribution in [3.63, 3.8) is 0 Å². The first-order valence-electron chi connectivity index (χ1n) is 9.58. The predicted octanol–water partition coefficient (Wildman–Crippen LogP) is 3.92. The van der Waals surface area contributed by atoms with E-state index in [2.05, 4.69) is 5.32 Å².